The Morgan fingerprint density at radius 1 is 1.50 bits per heavy atom. The van der Waals surface area contributed by atoms with Crippen molar-refractivity contribution in [2.75, 3.05) is 17.6 Å². The second-order valence-electron chi connectivity index (χ2n) is 3.22. The molecule has 0 aliphatic rings. The van der Waals surface area contributed by atoms with Crippen molar-refractivity contribution in [2.24, 2.45) is 0 Å². The number of anilines is 2. The standard InChI is InChI=1S/C10H14N4/c1-2-6-12-10-9(11)8-5-3-4-7-14(8)13-10/h3-5,7H,2,6,11H2,1H3,(H,12,13). The number of hydrogen-bond donors (Lipinski definition) is 2. The highest BCUT2D eigenvalue weighted by Gasteiger charge is 2.06. The van der Waals surface area contributed by atoms with Gasteiger partial charge in [-0.15, -0.1) is 5.10 Å². The third-order valence-corrected chi connectivity index (χ3v) is 2.12. The maximum Gasteiger partial charge on any atom is 0.172 e. The van der Waals surface area contributed by atoms with E-state index in [2.05, 4.69) is 17.3 Å². The summed E-state index contributed by atoms with van der Waals surface area (Å²) in [6, 6.07) is 5.85. The number of rotatable bonds is 3. The lowest BCUT2D eigenvalue weighted by Crippen LogP contribution is -2.02. The molecule has 74 valence electrons. The molecule has 4 heteroatoms. The van der Waals surface area contributed by atoms with Crippen molar-refractivity contribution < 1.29 is 0 Å². The van der Waals surface area contributed by atoms with Gasteiger partial charge in [0.2, 0.25) is 0 Å². The molecule has 0 aliphatic heterocycles. The van der Waals surface area contributed by atoms with Crippen molar-refractivity contribution in [3.05, 3.63) is 24.4 Å². The van der Waals surface area contributed by atoms with Gasteiger partial charge in [0.1, 0.15) is 5.69 Å². The molecule has 2 aromatic rings. The van der Waals surface area contributed by atoms with E-state index in [1.165, 1.54) is 0 Å². The first kappa shape index (κ1) is 8.87. The first-order valence-corrected chi connectivity index (χ1v) is 4.79. The Balaban J connectivity index is 2.41. The number of nitrogens with zero attached hydrogens (tertiary/aromatic N) is 2. The van der Waals surface area contributed by atoms with Crippen LogP contribution in [0.5, 0.6) is 0 Å². The van der Waals surface area contributed by atoms with Gasteiger partial charge >= 0.3 is 0 Å². The van der Waals surface area contributed by atoms with E-state index in [1.54, 1.807) is 4.52 Å². The predicted molar refractivity (Wildman–Crippen MR) is 58.4 cm³/mol. The maximum absolute atomic E-state index is 5.93. The molecule has 0 amide bonds. The highest BCUT2D eigenvalue weighted by atomic mass is 15.3. The normalized spacial score (nSPS) is 10.6. The van der Waals surface area contributed by atoms with Gasteiger partial charge in [-0.3, -0.25) is 0 Å². The Hall–Kier alpha value is -1.71. The van der Waals surface area contributed by atoms with E-state index < -0.39 is 0 Å². The Labute approximate surface area is 82.7 Å². The Kier molecular flexibility index (Phi) is 2.26. The molecule has 0 atom stereocenters. The van der Waals surface area contributed by atoms with Crippen molar-refractivity contribution in [3.63, 3.8) is 0 Å². The Bertz CT molecular complexity index is 433. The van der Waals surface area contributed by atoms with Crippen molar-refractivity contribution >= 4 is 17.0 Å². The summed E-state index contributed by atoms with van der Waals surface area (Å²) in [7, 11) is 0. The van der Waals surface area contributed by atoms with Crippen LogP contribution in [0.2, 0.25) is 0 Å². The molecular weight excluding hydrogens is 176 g/mol. The van der Waals surface area contributed by atoms with Crippen LogP contribution in [0.15, 0.2) is 24.4 Å². The zero-order chi connectivity index (χ0) is 9.97. The predicted octanol–water partition coefficient (Wildman–Crippen LogP) is 1.74. The Morgan fingerprint density at radius 2 is 2.36 bits per heavy atom. The number of nitrogens with one attached hydrogen (secondary N) is 1. The van der Waals surface area contributed by atoms with Crippen LogP contribution in [0.25, 0.3) is 5.52 Å². The lowest BCUT2D eigenvalue weighted by Gasteiger charge is -1.99. The SMILES string of the molecule is CCCNc1nn2ccccc2c1N. The summed E-state index contributed by atoms with van der Waals surface area (Å²) in [5.74, 6) is 0.776. The van der Waals surface area contributed by atoms with Gasteiger partial charge in [-0.05, 0) is 18.6 Å². The minimum Gasteiger partial charge on any atom is -0.394 e. The molecule has 0 fully saturated rings. The number of aromatic nitrogens is 2. The summed E-state index contributed by atoms with van der Waals surface area (Å²) in [4.78, 5) is 0. The smallest absolute Gasteiger partial charge is 0.172 e. The zero-order valence-electron chi connectivity index (χ0n) is 8.20. The van der Waals surface area contributed by atoms with Gasteiger partial charge in [0.05, 0.1) is 5.52 Å². The summed E-state index contributed by atoms with van der Waals surface area (Å²) >= 11 is 0. The fourth-order valence-corrected chi connectivity index (χ4v) is 1.39. The van der Waals surface area contributed by atoms with Crippen LogP contribution in [0.4, 0.5) is 11.5 Å². The number of pyridine rings is 1. The van der Waals surface area contributed by atoms with Gasteiger partial charge in [0, 0.05) is 12.7 Å². The molecule has 0 radical (unpaired) electrons. The molecule has 0 spiro atoms. The first-order chi connectivity index (χ1) is 6.83. The number of fused-ring (bicyclic) bond motifs is 1. The molecule has 2 heterocycles. The van der Waals surface area contributed by atoms with Crippen LogP contribution in [-0.2, 0) is 0 Å². The molecule has 0 bridgehead atoms. The minimum atomic E-state index is 0.721. The van der Waals surface area contributed by atoms with E-state index in [4.69, 9.17) is 5.73 Å². The second-order valence-corrected chi connectivity index (χ2v) is 3.22. The molecule has 0 aliphatic carbocycles. The third kappa shape index (κ3) is 1.39. The van der Waals surface area contributed by atoms with E-state index in [0.29, 0.717) is 0 Å². The molecule has 2 rings (SSSR count). The molecule has 0 aromatic carbocycles. The topological polar surface area (TPSA) is 55.4 Å². The van der Waals surface area contributed by atoms with E-state index >= 15 is 0 Å². The largest absolute Gasteiger partial charge is 0.394 e. The number of hydrogen-bond acceptors (Lipinski definition) is 3. The lowest BCUT2D eigenvalue weighted by molar-refractivity contribution is 0.927. The van der Waals surface area contributed by atoms with Crippen molar-refractivity contribution in [1.82, 2.24) is 9.61 Å². The van der Waals surface area contributed by atoms with Crippen molar-refractivity contribution in [2.45, 2.75) is 13.3 Å². The van der Waals surface area contributed by atoms with Gasteiger partial charge in [0.15, 0.2) is 5.82 Å². The molecular formula is C10H14N4. The van der Waals surface area contributed by atoms with Crippen LogP contribution in [0.1, 0.15) is 13.3 Å². The van der Waals surface area contributed by atoms with E-state index in [0.717, 1.165) is 30.0 Å². The molecule has 3 N–H and O–H groups in total. The van der Waals surface area contributed by atoms with Gasteiger partial charge in [0.25, 0.3) is 0 Å². The van der Waals surface area contributed by atoms with Crippen LogP contribution in [0, 0.1) is 0 Å². The third-order valence-electron chi connectivity index (χ3n) is 2.12. The summed E-state index contributed by atoms with van der Waals surface area (Å²) in [6.45, 7) is 3.01. The minimum absolute atomic E-state index is 0.721. The molecule has 4 nitrogen and oxygen atoms in total. The summed E-state index contributed by atoms with van der Waals surface area (Å²) in [5.41, 5.74) is 7.61. The highest BCUT2D eigenvalue weighted by Crippen LogP contribution is 2.22. The first-order valence-electron chi connectivity index (χ1n) is 4.79. The zero-order valence-corrected chi connectivity index (χ0v) is 8.20. The molecule has 0 saturated carbocycles. The fraction of sp³-hybridized carbons (Fsp3) is 0.300. The summed E-state index contributed by atoms with van der Waals surface area (Å²) < 4.78 is 1.79. The number of nitrogen functional groups attached to an aromatic ring is 1. The second kappa shape index (κ2) is 3.57. The molecule has 2 aromatic heterocycles. The van der Waals surface area contributed by atoms with E-state index in [1.807, 2.05) is 24.4 Å². The van der Waals surface area contributed by atoms with E-state index in [9.17, 15) is 0 Å². The van der Waals surface area contributed by atoms with Crippen molar-refractivity contribution in [1.29, 1.82) is 0 Å². The van der Waals surface area contributed by atoms with Gasteiger partial charge in [-0.1, -0.05) is 13.0 Å². The highest BCUT2D eigenvalue weighted by molar-refractivity contribution is 5.80. The summed E-state index contributed by atoms with van der Waals surface area (Å²) in [6.07, 6.45) is 2.95. The maximum atomic E-state index is 5.93. The lowest BCUT2D eigenvalue weighted by atomic mass is 10.3. The van der Waals surface area contributed by atoms with Gasteiger partial charge in [-0.25, -0.2) is 4.52 Å². The monoisotopic (exact) mass is 190 g/mol. The van der Waals surface area contributed by atoms with Crippen LogP contribution < -0.4 is 11.1 Å². The molecule has 0 saturated heterocycles. The molecule has 0 unspecified atom stereocenters. The van der Waals surface area contributed by atoms with Crippen LogP contribution in [-0.4, -0.2) is 16.2 Å². The van der Waals surface area contributed by atoms with Crippen LogP contribution >= 0.6 is 0 Å². The Morgan fingerprint density at radius 3 is 3.07 bits per heavy atom. The molecule has 14 heavy (non-hydrogen) atoms. The van der Waals surface area contributed by atoms with Gasteiger partial charge < -0.3 is 11.1 Å². The average Bonchev–Trinajstić information content (AvgIpc) is 2.54. The quantitative estimate of drug-likeness (QED) is 0.775. The number of nitrogens with two attached hydrogens (primary N) is 1. The van der Waals surface area contributed by atoms with E-state index in [-0.39, 0.29) is 0 Å². The van der Waals surface area contributed by atoms with Crippen LogP contribution in [0.3, 0.4) is 0 Å². The fourth-order valence-electron chi connectivity index (χ4n) is 1.39. The average molecular weight is 190 g/mol. The van der Waals surface area contributed by atoms with Gasteiger partial charge in [-0.2, -0.15) is 0 Å². The summed E-state index contributed by atoms with van der Waals surface area (Å²) in [5, 5.41) is 7.53. The van der Waals surface area contributed by atoms with Crippen molar-refractivity contribution in [3.8, 4) is 0 Å².